The molecule has 4 nitrogen and oxygen atoms in total. The number of rotatable bonds is 4. The Kier molecular flexibility index (Phi) is 2.96. The van der Waals surface area contributed by atoms with Crippen molar-refractivity contribution in [3.63, 3.8) is 0 Å². The molecule has 0 radical (unpaired) electrons. The second kappa shape index (κ2) is 4.61. The lowest BCUT2D eigenvalue weighted by Gasteiger charge is -2.24. The number of carbonyl (C=O) groups excluding carboxylic acids is 1. The summed E-state index contributed by atoms with van der Waals surface area (Å²) < 4.78 is 5.43. The number of hydrogen-bond acceptors (Lipinski definition) is 3. The first-order valence-electron chi connectivity index (χ1n) is 6.57. The van der Waals surface area contributed by atoms with E-state index in [1.54, 1.807) is 0 Å². The molecule has 96 valence electrons. The normalized spacial score (nSPS) is 23.5. The van der Waals surface area contributed by atoms with E-state index in [1.807, 2.05) is 36.1 Å². The summed E-state index contributed by atoms with van der Waals surface area (Å²) in [5.41, 5.74) is 1.14. The van der Waals surface area contributed by atoms with Gasteiger partial charge in [0.15, 0.2) is 0 Å². The minimum absolute atomic E-state index is 0.0423. The van der Waals surface area contributed by atoms with Gasteiger partial charge in [-0.1, -0.05) is 12.1 Å². The fourth-order valence-corrected chi connectivity index (χ4v) is 2.48. The smallest absolute Gasteiger partial charge is 0.238 e. The molecule has 0 aromatic heterocycles. The zero-order valence-electron chi connectivity index (χ0n) is 10.6. The molecule has 1 saturated heterocycles. The van der Waals surface area contributed by atoms with Gasteiger partial charge in [-0.05, 0) is 37.5 Å². The van der Waals surface area contributed by atoms with Gasteiger partial charge in [-0.3, -0.25) is 10.1 Å². The van der Waals surface area contributed by atoms with Gasteiger partial charge >= 0.3 is 0 Å². The highest BCUT2D eigenvalue weighted by molar-refractivity contribution is 5.81. The molecule has 4 heteroatoms. The molecule has 1 N–H and O–H groups in total. The standard InChI is InChI=1S/C14H18N2O2/c1-2-18-12-7-3-10(4-8-12)14-15-9-13(17)16(14)11-5-6-11/h3-4,7-8,11,14-15H,2,5-6,9H2,1H3. The number of nitrogens with one attached hydrogen (secondary N) is 1. The van der Waals surface area contributed by atoms with Crippen LogP contribution in [-0.2, 0) is 4.79 Å². The maximum atomic E-state index is 11.8. The van der Waals surface area contributed by atoms with Gasteiger partial charge in [0.1, 0.15) is 11.9 Å². The summed E-state index contributed by atoms with van der Waals surface area (Å²) >= 11 is 0. The van der Waals surface area contributed by atoms with Gasteiger partial charge in [-0.25, -0.2) is 0 Å². The van der Waals surface area contributed by atoms with E-state index < -0.39 is 0 Å². The van der Waals surface area contributed by atoms with Crippen LogP contribution in [0.5, 0.6) is 5.75 Å². The monoisotopic (exact) mass is 246 g/mol. The van der Waals surface area contributed by atoms with E-state index >= 15 is 0 Å². The first-order valence-corrected chi connectivity index (χ1v) is 6.57. The van der Waals surface area contributed by atoms with Gasteiger partial charge in [0.05, 0.1) is 13.2 Å². The van der Waals surface area contributed by atoms with Crippen molar-refractivity contribution in [1.29, 1.82) is 0 Å². The molecule has 0 bridgehead atoms. The second-order valence-corrected chi connectivity index (χ2v) is 4.82. The zero-order valence-corrected chi connectivity index (χ0v) is 10.6. The number of benzene rings is 1. The molecule has 1 aromatic rings. The summed E-state index contributed by atoms with van der Waals surface area (Å²) in [4.78, 5) is 13.8. The van der Waals surface area contributed by atoms with E-state index in [0.717, 1.165) is 24.2 Å². The van der Waals surface area contributed by atoms with Crippen LogP contribution in [0.4, 0.5) is 0 Å². The Morgan fingerprint density at radius 3 is 2.67 bits per heavy atom. The molecule has 1 saturated carbocycles. The summed E-state index contributed by atoms with van der Waals surface area (Å²) in [5.74, 6) is 1.10. The van der Waals surface area contributed by atoms with Crippen LogP contribution in [0, 0.1) is 0 Å². The van der Waals surface area contributed by atoms with E-state index in [4.69, 9.17) is 4.74 Å². The minimum Gasteiger partial charge on any atom is -0.494 e. The van der Waals surface area contributed by atoms with Gasteiger partial charge in [0.2, 0.25) is 5.91 Å². The Morgan fingerprint density at radius 2 is 2.06 bits per heavy atom. The zero-order chi connectivity index (χ0) is 12.5. The largest absolute Gasteiger partial charge is 0.494 e. The van der Waals surface area contributed by atoms with Crippen LogP contribution >= 0.6 is 0 Å². The number of ether oxygens (including phenoxy) is 1. The van der Waals surface area contributed by atoms with E-state index in [9.17, 15) is 4.79 Å². The van der Waals surface area contributed by atoms with Crippen LogP contribution in [-0.4, -0.2) is 30.0 Å². The SMILES string of the molecule is CCOc1ccc(C2NCC(=O)N2C2CC2)cc1. The van der Waals surface area contributed by atoms with Crippen LogP contribution in [0.1, 0.15) is 31.5 Å². The minimum atomic E-state index is 0.0423. The van der Waals surface area contributed by atoms with Gasteiger partial charge in [0, 0.05) is 6.04 Å². The highest BCUT2D eigenvalue weighted by Gasteiger charge is 2.41. The van der Waals surface area contributed by atoms with Crippen molar-refractivity contribution >= 4 is 5.91 Å². The highest BCUT2D eigenvalue weighted by Crippen LogP contribution is 2.35. The number of carbonyl (C=O) groups is 1. The first-order chi connectivity index (χ1) is 8.79. The van der Waals surface area contributed by atoms with Gasteiger partial charge in [-0.15, -0.1) is 0 Å². The second-order valence-electron chi connectivity index (χ2n) is 4.82. The number of nitrogens with zero attached hydrogens (tertiary/aromatic N) is 1. The third-order valence-corrected chi connectivity index (χ3v) is 3.46. The van der Waals surface area contributed by atoms with Crippen molar-refractivity contribution in [3.8, 4) is 5.75 Å². The Hall–Kier alpha value is -1.55. The molecule has 1 atom stereocenters. The molecule has 0 spiro atoms. The van der Waals surface area contributed by atoms with Crippen LogP contribution in [0.15, 0.2) is 24.3 Å². The molecule has 1 aliphatic carbocycles. The Labute approximate surface area is 107 Å². The Morgan fingerprint density at radius 1 is 1.33 bits per heavy atom. The van der Waals surface area contributed by atoms with E-state index in [2.05, 4.69) is 5.32 Å². The molecule has 1 aromatic carbocycles. The van der Waals surface area contributed by atoms with Gasteiger partial charge in [0.25, 0.3) is 0 Å². The molecule has 2 aliphatic rings. The number of amides is 1. The van der Waals surface area contributed by atoms with E-state index in [-0.39, 0.29) is 12.1 Å². The van der Waals surface area contributed by atoms with Crippen molar-refractivity contribution < 1.29 is 9.53 Å². The third kappa shape index (κ3) is 2.08. The lowest BCUT2D eigenvalue weighted by molar-refractivity contribution is -0.128. The van der Waals surface area contributed by atoms with Crippen LogP contribution in [0.2, 0.25) is 0 Å². The van der Waals surface area contributed by atoms with Crippen molar-refractivity contribution in [3.05, 3.63) is 29.8 Å². The average Bonchev–Trinajstić information content (AvgIpc) is 3.14. The van der Waals surface area contributed by atoms with Crippen LogP contribution < -0.4 is 10.1 Å². The van der Waals surface area contributed by atoms with Gasteiger partial charge < -0.3 is 9.64 Å². The van der Waals surface area contributed by atoms with Crippen molar-refractivity contribution in [1.82, 2.24) is 10.2 Å². The molecular weight excluding hydrogens is 228 g/mol. The predicted molar refractivity (Wildman–Crippen MR) is 68.2 cm³/mol. The van der Waals surface area contributed by atoms with Gasteiger partial charge in [-0.2, -0.15) is 0 Å². The first kappa shape index (κ1) is 11.5. The van der Waals surface area contributed by atoms with Crippen molar-refractivity contribution in [2.45, 2.75) is 32.0 Å². The highest BCUT2D eigenvalue weighted by atomic mass is 16.5. The molecule has 1 aliphatic heterocycles. The molecule has 2 fully saturated rings. The average molecular weight is 246 g/mol. The molecular formula is C14H18N2O2. The van der Waals surface area contributed by atoms with Crippen molar-refractivity contribution in [2.24, 2.45) is 0 Å². The fourth-order valence-electron chi connectivity index (χ4n) is 2.48. The van der Waals surface area contributed by atoms with E-state index in [1.165, 1.54) is 0 Å². The summed E-state index contributed by atoms with van der Waals surface area (Å²) in [6.45, 7) is 3.10. The Bertz CT molecular complexity index is 440. The van der Waals surface area contributed by atoms with Crippen molar-refractivity contribution in [2.75, 3.05) is 13.2 Å². The van der Waals surface area contributed by atoms with E-state index in [0.29, 0.717) is 19.2 Å². The molecule has 1 amide bonds. The lowest BCUT2D eigenvalue weighted by atomic mass is 10.1. The number of hydrogen-bond donors (Lipinski definition) is 1. The van der Waals surface area contributed by atoms with Crippen LogP contribution in [0.3, 0.4) is 0 Å². The topological polar surface area (TPSA) is 41.6 Å². The molecule has 18 heavy (non-hydrogen) atoms. The Balaban J connectivity index is 1.78. The summed E-state index contributed by atoms with van der Waals surface area (Å²) in [7, 11) is 0. The quantitative estimate of drug-likeness (QED) is 0.878. The fraction of sp³-hybridized carbons (Fsp3) is 0.500. The van der Waals surface area contributed by atoms with Crippen LogP contribution in [0.25, 0.3) is 0 Å². The summed E-state index contributed by atoms with van der Waals surface area (Å²) in [5, 5.41) is 3.28. The maximum Gasteiger partial charge on any atom is 0.238 e. The molecule has 3 rings (SSSR count). The lowest BCUT2D eigenvalue weighted by Crippen LogP contribution is -2.32. The predicted octanol–water partition coefficient (Wildman–Crippen LogP) is 1.68. The maximum absolute atomic E-state index is 11.8. The molecule has 1 unspecified atom stereocenters. The molecule has 1 heterocycles. The summed E-state index contributed by atoms with van der Waals surface area (Å²) in [6, 6.07) is 8.46. The summed E-state index contributed by atoms with van der Waals surface area (Å²) in [6.07, 6.45) is 2.32. The third-order valence-electron chi connectivity index (χ3n) is 3.46.